The largest absolute Gasteiger partial charge is 0.497 e. The molecule has 2 fully saturated rings. The van der Waals surface area contributed by atoms with Gasteiger partial charge in [0.25, 0.3) is 0 Å². The number of hydrogen-bond donors (Lipinski definition) is 0. The van der Waals surface area contributed by atoms with E-state index in [9.17, 15) is 13.2 Å². The second-order valence-corrected chi connectivity index (χ2v) is 10.2. The normalized spacial score (nSPS) is 26.8. The summed E-state index contributed by atoms with van der Waals surface area (Å²) in [6.45, 7) is 0.337. The maximum Gasteiger partial charge on any atom is 0.229 e. The number of nitrogens with zero attached hydrogens (tertiary/aromatic N) is 1. The van der Waals surface area contributed by atoms with Crippen molar-refractivity contribution in [2.75, 3.05) is 18.6 Å². The number of amides is 1. The molecule has 5 nitrogen and oxygen atoms in total. The molecule has 3 rings (SSSR count). The summed E-state index contributed by atoms with van der Waals surface area (Å²) in [5.74, 6) is 0.212. The highest BCUT2D eigenvalue weighted by Crippen LogP contribution is 2.54. The molecule has 1 aromatic carbocycles. The molecule has 0 N–H and O–H groups in total. The summed E-state index contributed by atoms with van der Waals surface area (Å²) in [4.78, 5) is 14.4. The van der Waals surface area contributed by atoms with Gasteiger partial charge in [0.15, 0.2) is 9.84 Å². The van der Waals surface area contributed by atoms with Gasteiger partial charge in [-0.3, -0.25) is 4.79 Å². The second-order valence-electron chi connectivity index (χ2n) is 6.39. The first kappa shape index (κ1) is 17.8. The quantitative estimate of drug-likeness (QED) is 0.722. The Morgan fingerprint density at radius 2 is 1.96 bits per heavy atom. The van der Waals surface area contributed by atoms with Gasteiger partial charge in [0.05, 0.1) is 24.5 Å². The summed E-state index contributed by atoms with van der Waals surface area (Å²) in [6.07, 6.45) is 0.863. The van der Waals surface area contributed by atoms with Gasteiger partial charge in [-0.2, -0.15) is 0 Å². The number of methoxy groups -OCH3 is 1. The van der Waals surface area contributed by atoms with Gasteiger partial charge in [-0.25, -0.2) is 8.42 Å². The van der Waals surface area contributed by atoms with E-state index < -0.39 is 20.1 Å². The van der Waals surface area contributed by atoms with Gasteiger partial charge in [0, 0.05) is 12.6 Å². The summed E-state index contributed by atoms with van der Waals surface area (Å²) in [7, 11) is -1.51. The molecule has 1 aromatic rings. The second kappa shape index (κ2) is 6.39. The van der Waals surface area contributed by atoms with Crippen LogP contribution in [0.2, 0.25) is 0 Å². The predicted octanol–water partition coefficient (Wildman–Crippen LogP) is 2.40. The van der Waals surface area contributed by atoms with Gasteiger partial charge in [0.1, 0.15) is 10.1 Å². The fourth-order valence-corrected chi connectivity index (χ4v) is 5.24. The number of rotatable bonds is 5. The smallest absolute Gasteiger partial charge is 0.229 e. The highest BCUT2D eigenvalue weighted by atomic mass is 35.5. The number of halogens is 2. The van der Waals surface area contributed by atoms with Crippen LogP contribution in [-0.2, 0) is 21.2 Å². The number of alkyl halides is 2. The highest BCUT2D eigenvalue weighted by Gasteiger charge is 2.58. The van der Waals surface area contributed by atoms with E-state index in [1.165, 1.54) is 0 Å². The van der Waals surface area contributed by atoms with E-state index in [0.717, 1.165) is 11.3 Å². The Kier molecular flexibility index (Phi) is 4.75. The first-order valence-electron chi connectivity index (χ1n) is 7.73. The number of carbonyl (C=O) groups is 1. The van der Waals surface area contributed by atoms with E-state index in [4.69, 9.17) is 27.9 Å². The van der Waals surface area contributed by atoms with Crippen LogP contribution >= 0.6 is 23.2 Å². The lowest BCUT2D eigenvalue weighted by atomic mass is 10.1. The molecule has 132 valence electrons. The SMILES string of the molecule is COc1ccc(CN(C(=O)C2CC2(Cl)Cl)C2CCS(=O)(=O)C2)cc1. The van der Waals surface area contributed by atoms with Crippen LogP contribution in [0.5, 0.6) is 5.75 Å². The van der Waals surface area contributed by atoms with Gasteiger partial charge in [-0.15, -0.1) is 23.2 Å². The minimum Gasteiger partial charge on any atom is -0.497 e. The van der Waals surface area contributed by atoms with Gasteiger partial charge in [-0.05, 0) is 30.5 Å². The van der Waals surface area contributed by atoms with Crippen LogP contribution < -0.4 is 4.74 Å². The maximum atomic E-state index is 12.8. The minimum absolute atomic E-state index is 0.000807. The van der Waals surface area contributed by atoms with Crippen molar-refractivity contribution >= 4 is 38.9 Å². The van der Waals surface area contributed by atoms with Crippen LogP contribution in [0.25, 0.3) is 0 Å². The molecule has 2 unspecified atom stereocenters. The van der Waals surface area contributed by atoms with Gasteiger partial charge in [-0.1, -0.05) is 12.1 Å². The summed E-state index contributed by atoms with van der Waals surface area (Å²) < 4.78 is 27.7. The van der Waals surface area contributed by atoms with Crippen LogP contribution in [0.15, 0.2) is 24.3 Å². The maximum absolute atomic E-state index is 12.8. The Morgan fingerprint density at radius 3 is 2.42 bits per heavy atom. The number of hydrogen-bond acceptors (Lipinski definition) is 4. The molecule has 0 bridgehead atoms. The van der Waals surface area contributed by atoms with E-state index in [2.05, 4.69) is 0 Å². The topological polar surface area (TPSA) is 63.7 Å². The standard InChI is InChI=1S/C16H19Cl2NO4S/c1-23-13-4-2-11(3-5-13)9-19(12-6-7-24(21,22)10-12)15(20)14-8-16(14,17)18/h2-5,12,14H,6-10H2,1H3. The van der Waals surface area contributed by atoms with E-state index in [1.807, 2.05) is 24.3 Å². The average Bonchev–Trinajstić information content (AvgIpc) is 3.02. The zero-order valence-electron chi connectivity index (χ0n) is 13.2. The molecule has 1 saturated carbocycles. The molecule has 24 heavy (non-hydrogen) atoms. The van der Waals surface area contributed by atoms with E-state index in [-0.39, 0.29) is 23.5 Å². The zero-order chi connectivity index (χ0) is 17.5. The lowest BCUT2D eigenvalue weighted by molar-refractivity contribution is -0.135. The molecule has 1 saturated heterocycles. The van der Waals surface area contributed by atoms with Crippen molar-refractivity contribution in [2.24, 2.45) is 5.92 Å². The van der Waals surface area contributed by atoms with Gasteiger partial charge >= 0.3 is 0 Å². The third-order valence-corrected chi connectivity index (χ3v) is 7.15. The summed E-state index contributed by atoms with van der Waals surface area (Å²) in [5, 5.41) is 0. The Balaban J connectivity index is 1.80. The predicted molar refractivity (Wildman–Crippen MR) is 93.1 cm³/mol. The first-order valence-corrected chi connectivity index (χ1v) is 10.3. The Labute approximate surface area is 151 Å². The fourth-order valence-electron chi connectivity index (χ4n) is 3.02. The molecule has 0 spiro atoms. The molecule has 0 radical (unpaired) electrons. The van der Waals surface area contributed by atoms with Crippen molar-refractivity contribution in [3.05, 3.63) is 29.8 Å². The number of sulfone groups is 1. The first-order chi connectivity index (χ1) is 11.2. The van der Waals surface area contributed by atoms with Crippen LogP contribution in [0.1, 0.15) is 18.4 Å². The zero-order valence-corrected chi connectivity index (χ0v) is 15.6. The van der Waals surface area contributed by atoms with E-state index in [1.54, 1.807) is 12.0 Å². The van der Waals surface area contributed by atoms with E-state index in [0.29, 0.717) is 19.4 Å². The summed E-state index contributed by atoms with van der Waals surface area (Å²) in [5.41, 5.74) is 0.906. The molecule has 2 aliphatic rings. The molecule has 2 atom stereocenters. The van der Waals surface area contributed by atoms with E-state index >= 15 is 0 Å². The Morgan fingerprint density at radius 1 is 1.33 bits per heavy atom. The molecule has 8 heteroatoms. The number of benzene rings is 1. The number of carbonyl (C=O) groups excluding carboxylic acids is 1. The summed E-state index contributed by atoms with van der Waals surface area (Å²) >= 11 is 12.1. The van der Waals surface area contributed by atoms with Crippen LogP contribution in [-0.4, -0.2) is 48.2 Å². The fraction of sp³-hybridized carbons (Fsp3) is 0.562. The van der Waals surface area contributed by atoms with Crippen molar-refractivity contribution in [2.45, 2.75) is 29.8 Å². The molecular weight excluding hydrogens is 373 g/mol. The van der Waals surface area contributed by atoms with Gasteiger partial charge in [0.2, 0.25) is 5.91 Å². The van der Waals surface area contributed by atoms with Gasteiger partial charge < -0.3 is 9.64 Å². The van der Waals surface area contributed by atoms with Crippen molar-refractivity contribution in [1.82, 2.24) is 4.90 Å². The third kappa shape index (κ3) is 3.81. The van der Waals surface area contributed by atoms with Crippen molar-refractivity contribution < 1.29 is 17.9 Å². The number of ether oxygens (including phenoxy) is 1. The summed E-state index contributed by atoms with van der Waals surface area (Å²) in [6, 6.07) is 7.03. The van der Waals surface area contributed by atoms with Crippen molar-refractivity contribution in [3.63, 3.8) is 0 Å². The van der Waals surface area contributed by atoms with Crippen LogP contribution in [0.3, 0.4) is 0 Å². The Hall–Kier alpha value is -0.980. The molecule has 1 aliphatic heterocycles. The third-order valence-electron chi connectivity index (χ3n) is 4.57. The molecular formula is C16H19Cl2NO4S. The van der Waals surface area contributed by atoms with Crippen molar-refractivity contribution in [1.29, 1.82) is 0 Å². The molecule has 0 aromatic heterocycles. The van der Waals surface area contributed by atoms with Crippen molar-refractivity contribution in [3.8, 4) is 5.75 Å². The van der Waals surface area contributed by atoms with Crippen LogP contribution in [0, 0.1) is 5.92 Å². The molecule has 1 aliphatic carbocycles. The monoisotopic (exact) mass is 391 g/mol. The van der Waals surface area contributed by atoms with Crippen LogP contribution in [0.4, 0.5) is 0 Å². The molecule has 1 heterocycles. The lowest BCUT2D eigenvalue weighted by Gasteiger charge is -2.29. The molecule has 1 amide bonds. The Bertz CT molecular complexity index is 733. The minimum atomic E-state index is -3.09. The highest BCUT2D eigenvalue weighted by molar-refractivity contribution is 7.91. The lowest BCUT2D eigenvalue weighted by Crippen LogP contribution is -2.42. The average molecular weight is 392 g/mol.